The molecule has 2 heterocycles. The van der Waals surface area contributed by atoms with Gasteiger partial charge in [-0.25, -0.2) is 4.39 Å². The quantitative estimate of drug-likeness (QED) is 0.364. The summed E-state index contributed by atoms with van der Waals surface area (Å²) in [7, 11) is 1.94. The highest BCUT2D eigenvalue weighted by atomic mass is 19.1. The Labute approximate surface area is 180 Å². The van der Waals surface area contributed by atoms with Gasteiger partial charge in [-0.3, -0.25) is 9.98 Å². The fraction of sp³-hybridized carbons (Fsp3) is 0.160. The average molecular weight is 411 g/mol. The summed E-state index contributed by atoms with van der Waals surface area (Å²) < 4.78 is 16.5. The number of nitrogens with zero attached hydrogens (tertiary/aromatic N) is 4. The molecule has 0 radical (unpaired) electrons. The summed E-state index contributed by atoms with van der Waals surface area (Å²) in [6, 6.07) is 14.3. The first kappa shape index (κ1) is 20.3. The number of nitrogen functional groups attached to an aromatic ring is 1. The number of aromatic nitrogens is 2. The van der Waals surface area contributed by atoms with Crippen molar-refractivity contribution in [3.8, 4) is 28.5 Å². The Morgan fingerprint density at radius 1 is 1.16 bits per heavy atom. The molecule has 5 nitrogen and oxygen atoms in total. The summed E-state index contributed by atoms with van der Waals surface area (Å²) in [5.74, 6) is -0.555. The van der Waals surface area contributed by atoms with Crippen LogP contribution in [0.1, 0.15) is 25.0 Å². The van der Waals surface area contributed by atoms with E-state index in [2.05, 4.69) is 4.99 Å². The van der Waals surface area contributed by atoms with Crippen LogP contribution >= 0.6 is 0 Å². The first-order chi connectivity index (χ1) is 14.9. The third-order valence-corrected chi connectivity index (χ3v) is 5.19. The lowest BCUT2D eigenvalue weighted by atomic mass is 9.94. The molecule has 0 saturated heterocycles. The van der Waals surface area contributed by atoms with Crippen molar-refractivity contribution in [3.63, 3.8) is 0 Å². The van der Waals surface area contributed by atoms with Crippen LogP contribution in [-0.2, 0) is 7.05 Å². The van der Waals surface area contributed by atoms with Crippen LogP contribution in [0.5, 0.6) is 0 Å². The summed E-state index contributed by atoms with van der Waals surface area (Å²) in [6.45, 7) is 4.00. The molecule has 2 aromatic carbocycles. The highest BCUT2D eigenvalue weighted by Gasteiger charge is 2.17. The Hall–Kier alpha value is -3.98. The van der Waals surface area contributed by atoms with Crippen LogP contribution in [0.3, 0.4) is 0 Å². The number of pyridine rings is 1. The molecule has 0 amide bonds. The monoisotopic (exact) mass is 411 g/mol. The molecule has 2 aromatic heterocycles. The lowest BCUT2D eigenvalue weighted by Crippen LogP contribution is -1.98. The first-order valence-corrected chi connectivity index (χ1v) is 9.96. The van der Waals surface area contributed by atoms with Gasteiger partial charge in [-0.2, -0.15) is 5.26 Å². The minimum Gasteiger partial charge on any atom is -0.398 e. The van der Waals surface area contributed by atoms with Gasteiger partial charge in [0, 0.05) is 53.3 Å². The Morgan fingerprint density at radius 3 is 2.65 bits per heavy atom. The topological polar surface area (TPSA) is 80.0 Å². The van der Waals surface area contributed by atoms with Gasteiger partial charge in [0.05, 0.1) is 23.0 Å². The third kappa shape index (κ3) is 3.78. The van der Waals surface area contributed by atoms with Crippen LogP contribution in [0.2, 0.25) is 0 Å². The van der Waals surface area contributed by atoms with E-state index in [0.717, 1.165) is 27.6 Å². The van der Waals surface area contributed by atoms with Gasteiger partial charge >= 0.3 is 0 Å². The molecular formula is C25H22FN5. The maximum Gasteiger partial charge on any atom is 0.141 e. The Morgan fingerprint density at radius 2 is 1.94 bits per heavy atom. The molecule has 4 rings (SSSR count). The van der Waals surface area contributed by atoms with Gasteiger partial charge in [-0.15, -0.1) is 0 Å². The summed E-state index contributed by atoms with van der Waals surface area (Å²) in [6.07, 6.45) is 5.53. The van der Waals surface area contributed by atoms with E-state index in [1.807, 2.05) is 68.2 Å². The van der Waals surface area contributed by atoms with Crippen LogP contribution in [-0.4, -0.2) is 21.8 Å². The predicted molar refractivity (Wildman–Crippen MR) is 123 cm³/mol. The van der Waals surface area contributed by atoms with Crippen LogP contribution in [0.4, 0.5) is 10.1 Å². The van der Waals surface area contributed by atoms with Crippen molar-refractivity contribution >= 4 is 22.8 Å². The number of rotatable bonds is 4. The maximum atomic E-state index is 14.5. The van der Waals surface area contributed by atoms with E-state index in [-0.39, 0.29) is 11.6 Å². The van der Waals surface area contributed by atoms with Crippen molar-refractivity contribution < 1.29 is 4.39 Å². The van der Waals surface area contributed by atoms with Crippen molar-refractivity contribution in [2.24, 2.45) is 12.0 Å². The molecule has 0 bridgehead atoms. The highest BCUT2D eigenvalue weighted by molar-refractivity contribution is 6.02. The lowest BCUT2D eigenvalue weighted by molar-refractivity contribution is 0.624. The number of halogens is 1. The molecule has 2 N–H and O–H groups in total. The lowest BCUT2D eigenvalue weighted by Gasteiger charge is -2.13. The molecule has 4 aromatic rings. The fourth-order valence-electron chi connectivity index (χ4n) is 3.57. The normalized spacial score (nSPS) is 11.5. The van der Waals surface area contributed by atoms with Crippen molar-refractivity contribution in [1.82, 2.24) is 9.55 Å². The van der Waals surface area contributed by atoms with E-state index >= 15 is 0 Å². The predicted octanol–water partition coefficient (Wildman–Crippen LogP) is 5.33. The second kappa shape index (κ2) is 8.04. The number of fused-ring (bicyclic) bond motifs is 1. The molecule has 154 valence electrons. The van der Waals surface area contributed by atoms with E-state index in [0.29, 0.717) is 16.9 Å². The average Bonchev–Trinajstić information content (AvgIpc) is 3.13. The van der Waals surface area contributed by atoms with E-state index < -0.39 is 5.82 Å². The number of hydrogen-bond donors (Lipinski definition) is 1. The maximum absolute atomic E-state index is 14.5. The summed E-state index contributed by atoms with van der Waals surface area (Å²) in [5.41, 5.74) is 11.5. The van der Waals surface area contributed by atoms with Gasteiger partial charge in [-0.05, 0) is 49.7 Å². The number of aryl methyl sites for hydroxylation is 1. The van der Waals surface area contributed by atoms with E-state index in [9.17, 15) is 4.39 Å². The number of nitrogens with two attached hydrogens (primary N) is 1. The standard InChI is InChI=1S/C25H22FN5/c1-15(2)29-13-19-10-17(6-7-22(19)28)25-24(16-4-5-18(12-27)21(26)11-16)20-8-9-31(3)23(20)14-30-25/h4-11,13-15H,28H2,1-3H3. The zero-order chi connectivity index (χ0) is 22.1. The van der Waals surface area contributed by atoms with Crippen LogP contribution in [0, 0.1) is 17.1 Å². The number of nitriles is 1. The van der Waals surface area contributed by atoms with Gasteiger partial charge in [0.1, 0.15) is 11.9 Å². The van der Waals surface area contributed by atoms with Gasteiger partial charge in [0.15, 0.2) is 0 Å². The molecule has 0 aliphatic carbocycles. The summed E-state index contributed by atoms with van der Waals surface area (Å²) >= 11 is 0. The van der Waals surface area contributed by atoms with Crippen LogP contribution in [0.15, 0.2) is 59.9 Å². The molecule has 0 fully saturated rings. The van der Waals surface area contributed by atoms with Crippen LogP contribution in [0.25, 0.3) is 33.3 Å². The second-order valence-electron chi connectivity index (χ2n) is 7.73. The fourth-order valence-corrected chi connectivity index (χ4v) is 3.57. The molecule has 0 saturated carbocycles. The summed E-state index contributed by atoms with van der Waals surface area (Å²) in [5, 5.41) is 10.1. The highest BCUT2D eigenvalue weighted by Crippen LogP contribution is 2.38. The van der Waals surface area contributed by atoms with Gasteiger partial charge in [0.2, 0.25) is 0 Å². The van der Waals surface area contributed by atoms with Gasteiger partial charge in [0.25, 0.3) is 0 Å². The Kier molecular flexibility index (Phi) is 5.26. The molecule has 0 unspecified atom stereocenters. The Bertz CT molecular complexity index is 1360. The zero-order valence-electron chi connectivity index (χ0n) is 17.6. The SMILES string of the molecule is CC(C)N=Cc1cc(-c2ncc3c(ccn3C)c2-c2ccc(C#N)c(F)c2)ccc1N. The minimum atomic E-state index is -0.555. The number of hydrogen-bond acceptors (Lipinski definition) is 4. The molecule has 0 atom stereocenters. The Balaban J connectivity index is 1.98. The number of aliphatic imine (C=N–C) groups is 1. The van der Waals surface area contributed by atoms with Crippen molar-refractivity contribution in [3.05, 3.63) is 71.8 Å². The minimum absolute atomic E-state index is 0.0122. The van der Waals surface area contributed by atoms with Gasteiger partial charge in [-0.1, -0.05) is 12.1 Å². The third-order valence-electron chi connectivity index (χ3n) is 5.19. The zero-order valence-corrected chi connectivity index (χ0v) is 17.6. The van der Waals surface area contributed by atoms with E-state index in [1.165, 1.54) is 12.1 Å². The molecular weight excluding hydrogens is 389 g/mol. The van der Waals surface area contributed by atoms with Gasteiger partial charge < -0.3 is 10.3 Å². The molecule has 0 spiro atoms. The smallest absolute Gasteiger partial charge is 0.141 e. The largest absolute Gasteiger partial charge is 0.398 e. The molecule has 0 aliphatic rings. The van der Waals surface area contributed by atoms with Crippen LogP contribution < -0.4 is 5.73 Å². The molecule has 31 heavy (non-hydrogen) atoms. The first-order valence-electron chi connectivity index (χ1n) is 9.96. The van der Waals surface area contributed by atoms with Crippen molar-refractivity contribution in [1.29, 1.82) is 5.26 Å². The number of anilines is 1. The molecule has 6 heteroatoms. The number of benzene rings is 2. The van der Waals surface area contributed by atoms with Crippen molar-refractivity contribution in [2.45, 2.75) is 19.9 Å². The van der Waals surface area contributed by atoms with E-state index in [1.54, 1.807) is 12.3 Å². The second-order valence-corrected chi connectivity index (χ2v) is 7.73. The summed E-state index contributed by atoms with van der Waals surface area (Å²) in [4.78, 5) is 9.18. The molecule has 0 aliphatic heterocycles. The van der Waals surface area contributed by atoms with E-state index in [4.69, 9.17) is 16.0 Å². The van der Waals surface area contributed by atoms with Crippen molar-refractivity contribution in [2.75, 3.05) is 5.73 Å².